The number of aryl methyl sites for hydroxylation is 2. The summed E-state index contributed by atoms with van der Waals surface area (Å²) in [6, 6.07) is 2.17. The monoisotopic (exact) mass is 177 g/mol. The number of hydrogen-bond donors (Lipinski definition) is 0. The Labute approximate surface area is 81.2 Å². The largest absolute Gasteiger partial charge is 0.261 e. The highest BCUT2D eigenvalue weighted by molar-refractivity contribution is 5.27. The van der Waals surface area contributed by atoms with E-state index in [4.69, 9.17) is 0 Å². The first kappa shape index (κ1) is 10.2. The first-order chi connectivity index (χ1) is 6.15. The van der Waals surface area contributed by atoms with Gasteiger partial charge in [0.1, 0.15) is 0 Å². The van der Waals surface area contributed by atoms with Gasteiger partial charge in [0.15, 0.2) is 0 Å². The topological polar surface area (TPSA) is 12.9 Å². The van der Waals surface area contributed by atoms with Gasteiger partial charge in [0.05, 0.1) is 0 Å². The van der Waals surface area contributed by atoms with E-state index in [1.165, 1.54) is 24.0 Å². The maximum atomic E-state index is 4.34. The SMILES string of the molecule is CCCC(C)c1cnc(C)cc1C. The zero-order chi connectivity index (χ0) is 9.84. The molecule has 1 aromatic rings. The van der Waals surface area contributed by atoms with Gasteiger partial charge in [-0.2, -0.15) is 0 Å². The van der Waals surface area contributed by atoms with Gasteiger partial charge in [-0.25, -0.2) is 0 Å². The van der Waals surface area contributed by atoms with E-state index in [-0.39, 0.29) is 0 Å². The Kier molecular flexibility index (Phi) is 3.47. The average molecular weight is 177 g/mol. The van der Waals surface area contributed by atoms with Crippen molar-refractivity contribution in [2.75, 3.05) is 0 Å². The van der Waals surface area contributed by atoms with Crippen LogP contribution in [0.2, 0.25) is 0 Å². The Bertz CT molecular complexity index is 278. The lowest BCUT2D eigenvalue weighted by Crippen LogP contribution is -1.98. The molecule has 0 amide bonds. The van der Waals surface area contributed by atoms with Gasteiger partial charge in [0.2, 0.25) is 0 Å². The van der Waals surface area contributed by atoms with Crippen molar-refractivity contribution in [2.45, 2.75) is 46.5 Å². The normalized spacial score (nSPS) is 12.9. The van der Waals surface area contributed by atoms with Crippen molar-refractivity contribution < 1.29 is 0 Å². The minimum Gasteiger partial charge on any atom is -0.261 e. The molecule has 1 heterocycles. The molecule has 1 unspecified atom stereocenters. The molecule has 1 nitrogen and oxygen atoms in total. The van der Waals surface area contributed by atoms with Crippen molar-refractivity contribution in [1.82, 2.24) is 4.98 Å². The minimum absolute atomic E-state index is 0.651. The fourth-order valence-corrected chi connectivity index (χ4v) is 1.81. The summed E-state index contributed by atoms with van der Waals surface area (Å²) < 4.78 is 0. The standard InChI is InChI=1S/C12H19N/c1-5-6-9(2)12-8-13-11(4)7-10(12)3/h7-9H,5-6H2,1-4H3. The third-order valence-corrected chi connectivity index (χ3v) is 2.54. The molecular formula is C12H19N. The van der Waals surface area contributed by atoms with Crippen LogP contribution in [-0.4, -0.2) is 4.98 Å². The van der Waals surface area contributed by atoms with Gasteiger partial charge in [0, 0.05) is 11.9 Å². The molecule has 0 aliphatic heterocycles. The number of pyridine rings is 1. The van der Waals surface area contributed by atoms with Crippen LogP contribution in [0.15, 0.2) is 12.3 Å². The first-order valence-corrected chi connectivity index (χ1v) is 5.08. The van der Waals surface area contributed by atoms with Gasteiger partial charge in [-0.05, 0) is 43.4 Å². The van der Waals surface area contributed by atoms with E-state index in [9.17, 15) is 0 Å². The molecule has 0 fully saturated rings. The fraction of sp³-hybridized carbons (Fsp3) is 0.583. The van der Waals surface area contributed by atoms with Crippen molar-refractivity contribution in [3.8, 4) is 0 Å². The van der Waals surface area contributed by atoms with E-state index < -0.39 is 0 Å². The Morgan fingerprint density at radius 1 is 1.38 bits per heavy atom. The van der Waals surface area contributed by atoms with Crippen LogP contribution >= 0.6 is 0 Å². The van der Waals surface area contributed by atoms with Crippen LogP contribution < -0.4 is 0 Å². The van der Waals surface area contributed by atoms with E-state index in [0.717, 1.165) is 5.69 Å². The Balaban J connectivity index is 2.88. The highest BCUT2D eigenvalue weighted by Gasteiger charge is 2.07. The summed E-state index contributed by atoms with van der Waals surface area (Å²) in [7, 11) is 0. The van der Waals surface area contributed by atoms with Crippen LogP contribution in [0.25, 0.3) is 0 Å². The van der Waals surface area contributed by atoms with Crippen molar-refractivity contribution >= 4 is 0 Å². The predicted octanol–water partition coefficient (Wildman–Crippen LogP) is 3.60. The van der Waals surface area contributed by atoms with Crippen LogP contribution in [0, 0.1) is 13.8 Å². The Morgan fingerprint density at radius 3 is 2.62 bits per heavy atom. The highest BCUT2D eigenvalue weighted by atomic mass is 14.7. The van der Waals surface area contributed by atoms with Crippen LogP contribution in [0.4, 0.5) is 0 Å². The lowest BCUT2D eigenvalue weighted by molar-refractivity contribution is 0.658. The molecule has 0 saturated heterocycles. The summed E-state index contributed by atoms with van der Waals surface area (Å²) in [6.45, 7) is 8.73. The van der Waals surface area contributed by atoms with Crippen LogP contribution in [-0.2, 0) is 0 Å². The molecular weight excluding hydrogens is 158 g/mol. The van der Waals surface area contributed by atoms with E-state index in [1.54, 1.807) is 0 Å². The summed E-state index contributed by atoms with van der Waals surface area (Å²) in [5.74, 6) is 0.651. The summed E-state index contributed by atoms with van der Waals surface area (Å²) in [4.78, 5) is 4.34. The van der Waals surface area contributed by atoms with Crippen molar-refractivity contribution in [2.24, 2.45) is 0 Å². The van der Waals surface area contributed by atoms with Crippen LogP contribution in [0.3, 0.4) is 0 Å². The molecule has 1 heteroatoms. The molecule has 13 heavy (non-hydrogen) atoms. The van der Waals surface area contributed by atoms with Gasteiger partial charge < -0.3 is 0 Å². The average Bonchev–Trinajstić information content (AvgIpc) is 2.04. The molecule has 0 aromatic carbocycles. The third kappa shape index (κ3) is 2.55. The zero-order valence-electron chi connectivity index (χ0n) is 9.09. The summed E-state index contributed by atoms with van der Waals surface area (Å²) >= 11 is 0. The van der Waals surface area contributed by atoms with Gasteiger partial charge in [-0.1, -0.05) is 20.3 Å². The summed E-state index contributed by atoms with van der Waals surface area (Å²) in [6.07, 6.45) is 4.53. The molecule has 0 aliphatic rings. The molecule has 0 radical (unpaired) electrons. The van der Waals surface area contributed by atoms with Crippen LogP contribution in [0.5, 0.6) is 0 Å². The minimum atomic E-state index is 0.651. The second-order valence-corrected chi connectivity index (χ2v) is 3.87. The van der Waals surface area contributed by atoms with Gasteiger partial charge >= 0.3 is 0 Å². The molecule has 1 aromatic heterocycles. The second-order valence-electron chi connectivity index (χ2n) is 3.87. The molecule has 72 valence electrons. The number of hydrogen-bond acceptors (Lipinski definition) is 1. The number of nitrogens with zero attached hydrogens (tertiary/aromatic N) is 1. The van der Waals surface area contributed by atoms with E-state index in [0.29, 0.717) is 5.92 Å². The van der Waals surface area contributed by atoms with E-state index >= 15 is 0 Å². The number of aromatic nitrogens is 1. The molecule has 0 N–H and O–H groups in total. The fourth-order valence-electron chi connectivity index (χ4n) is 1.81. The van der Waals surface area contributed by atoms with Gasteiger partial charge in [-0.15, -0.1) is 0 Å². The Morgan fingerprint density at radius 2 is 2.08 bits per heavy atom. The first-order valence-electron chi connectivity index (χ1n) is 5.08. The van der Waals surface area contributed by atoms with Crippen molar-refractivity contribution in [1.29, 1.82) is 0 Å². The molecule has 1 rings (SSSR count). The molecule has 1 atom stereocenters. The maximum absolute atomic E-state index is 4.34. The summed E-state index contributed by atoms with van der Waals surface area (Å²) in [5.41, 5.74) is 3.91. The summed E-state index contributed by atoms with van der Waals surface area (Å²) in [5, 5.41) is 0. The smallest absolute Gasteiger partial charge is 0.0375 e. The van der Waals surface area contributed by atoms with Crippen molar-refractivity contribution in [3.63, 3.8) is 0 Å². The van der Waals surface area contributed by atoms with E-state index in [1.807, 2.05) is 13.1 Å². The zero-order valence-corrected chi connectivity index (χ0v) is 9.09. The maximum Gasteiger partial charge on any atom is 0.0375 e. The third-order valence-electron chi connectivity index (χ3n) is 2.54. The number of rotatable bonds is 3. The van der Waals surface area contributed by atoms with E-state index in [2.05, 4.69) is 31.8 Å². The van der Waals surface area contributed by atoms with Crippen LogP contribution in [0.1, 0.15) is 49.4 Å². The molecule has 0 aliphatic carbocycles. The lowest BCUT2D eigenvalue weighted by atomic mass is 9.94. The van der Waals surface area contributed by atoms with Gasteiger partial charge in [-0.3, -0.25) is 4.98 Å². The Hall–Kier alpha value is -0.850. The van der Waals surface area contributed by atoms with Crippen molar-refractivity contribution in [3.05, 3.63) is 29.1 Å². The molecule has 0 saturated carbocycles. The van der Waals surface area contributed by atoms with Gasteiger partial charge in [0.25, 0.3) is 0 Å². The molecule has 0 spiro atoms. The second kappa shape index (κ2) is 4.40. The predicted molar refractivity (Wildman–Crippen MR) is 57.0 cm³/mol. The lowest BCUT2D eigenvalue weighted by Gasteiger charge is -2.13. The molecule has 0 bridgehead atoms. The quantitative estimate of drug-likeness (QED) is 0.687. The highest BCUT2D eigenvalue weighted by Crippen LogP contribution is 2.23.